The number of fused-ring (bicyclic) bond motifs is 3. The lowest BCUT2D eigenvalue weighted by Crippen LogP contribution is -2.32. The van der Waals surface area contributed by atoms with Crippen LogP contribution in [-0.4, -0.2) is 26.6 Å². The zero-order valence-corrected chi connectivity index (χ0v) is 13.2. The maximum Gasteiger partial charge on any atom is 0.243 e. The molecule has 3 aromatic rings. The fraction of sp³-hybridized carbons (Fsp3) is 0.444. The summed E-state index contributed by atoms with van der Waals surface area (Å²) in [6.07, 6.45) is 3.45. The molecular weight excluding hydrogens is 288 g/mol. The molecule has 1 N–H and O–H groups in total. The van der Waals surface area contributed by atoms with Gasteiger partial charge in [-0.25, -0.2) is 0 Å². The van der Waals surface area contributed by atoms with Gasteiger partial charge < -0.3 is 9.51 Å². The van der Waals surface area contributed by atoms with Gasteiger partial charge >= 0.3 is 0 Å². The van der Waals surface area contributed by atoms with E-state index in [0.717, 1.165) is 31.2 Å². The van der Waals surface area contributed by atoms with E-state index < -0.39 is 0 Å². The lowest BCUT2D eigenvalue weighted by Gasteiger charge is -2.30. The number of nitrogens with zero attached hydrogens (tertiary/aromatic N) is 3. The smallest absolute Gasteiger partial charge is 0.243 e. The van der Waals surface area contributed by atoms with Crippen LogP contribution in [0, 0.1) is 0 Å². The summed E-state index contributed by atoms with van der Waals surface area (Å²) in [7, 11) is 0. The Balaban J connectivity index is 1.43. The molecule has 0 spiro atoms. The highest BCUT2D eigenvalue weighted by Gasteiger charge is 2.32. The van der Waals surface area contributed by atoms with Gasteiger partial charge in [0.2, 0.25) is 5.89 Å². The topological polar surface area (TPSA) is 58.0 Å². The van der Waals surface area contributed by atoms with Crippen LogP contribution in [0.15, 0.2) is 28.8 Å². The molecule has 1 saturated carbocycles. The number of benzene rings is 1. The van der Waals surface area contributed by atoms with E-state index in [-0.39, 0.29) is 6.04 Å². The molecule has 5 heteroatoms. The summed E-state index contributed by atoms with van der Waals surface area (Å²) < 4.78 is 5.53. The summed E-state index contributed by atoms with van der Waals surface area (Å²) in [6.45, 7) is 4.12. The third-order valence-corrected chi connectivity index (χ3v) is 5.22. The van der Waals surface area contributed by atoms with Gasteiger partial charge in [-0.1, -0.05) is 23.4 Å². The monoisotopic (exact) mass is 308 g/mol. The van der Waals surface area contributed by atoms with Crippen molar-refractivity contribution in [2.75, 3.05) is 6.54 Å². The highest BCUT2D eigenvalue weighted by Crippen LogP contribution is 2.39. The average molecular weight is 308 g/mol. The Kier molecular flexibility index (Phi) is 2.85. The first kappa shape index (κ1) is 13.3. The number of hydrogen-bond donors (Lipinski definition) is 1. The molecule has 2 aliphatic rings. The molecular formula is C18H20N4O. The van der Waals surface area contributed by atoms with Gasteiger partial charge in [0.15, 0.2) is 5.82 Å². The maximum atomic E-state index is 5.53. The summed E-state index contributed by atoms with van der Waals surface area (Å²) in [5.41, 5.74) is 4.03. The molecule has 0 unspecified atom stereocenters. The fourth-order valence-electron chi connectivity index (χ4n) is 3.60. The molecule has 1 aliphatic heterocycles. The number of aromatic amines is 1. The van der Waals surface area contributed by atoms with E-state index >= 15 is 0 Å². The Bertz CT molecular complexity index is 861. The predicted molar refractivity (Wildman–Crippen MR) is 87.1 cm³/mol. The Morgan fingerprint density at radius 2 is 2.17 bits per heavy atom. The molecule has 0 amide bonds. The number of rotatable bonds is 3. The SMILES string of the molecule is C[C@@H](c1nc(C2CC2)no1)N1CCc2[nH]c3ccccc3c2C1. The second kappa shape index (κ2) is 4.93. The first-order chi connectivity index (χ1) is 11.3. The van der Waals surface area contributed by atoms with Gasteiger partial charge in [-0.2, -0.15) is 4.98 Å². The van der Waals surface area contributed by atoms with Gasteiger partial charge in [0, 0.05) is 42.0 Å². The van der Waals surface area contributed by atoms with Crippen molar-refractivity contribution in [2.24, 2.45) is 0 Å². The molecule has 0 saturated heterocycles. The number of aromatic nitrogens is 3. The van der Waals surface area contributed by atoms with Crippen LogP contribution in [0.2, 0.25) is 0 Å². The molecule has 2 aromatic heterocycles. The van der Waals surface area contributed by atoms with Crippen LogP contribution in [0.1, 0.15) is 54.7 Å². The van der Waals surface area contributed by atoms with Gasteiger partial charge in [0.1, 0.15) is 0 Å². The summed E-state index contributed by atoms with van der Waals surface area (Å²) in [4.78, 5) is 10.6. The van der Waals surface area contributed by atoms with E-state index in [4.69, 9.17) is 4.52 Å². The molecule has 0 radical (unpaired) electrons. The minimum atomic E-state index is 0.164. The maximum absolute atomic E-state index is 5.53. The molecule has 5 rings (SSSR count). The van der Waals surface area contributed by atoms with Crippen molar-refractivity contribution in [3.63, 3.8) is 0 Å². The van der Waals surface area contributed by atoms with Crippen molar-refractivity contribution < 1.29 is 4.52 Å². The largest absolute Gasteiger partial charge is 0.358 e. The second-order valence-corrected chi connectivity index (χ2v) is 6.79. The number of para-hydroxylation sites is 1. The van der Waals surface area contributed by atoms with Gasteiger partial charge in [-0.05, 0) is 31.4 Å². The Morgan fingerprint density at radius 1 is 1.30 bits per heavy atom. The molecule has 1 atom stereocenters. The van der Waals surface area contributed by atoms with Crippen molar-refractivity contribution in [3.8, 4) is 0 Å². The normalized spacial score (nSPS) is 19.9. The minimum Gasteiger partial charge on any atom is -0.358 e. The summed E-state index contributed by atoms with van der Waals surface area (Å²) in [5.74, 6) is 2.20. The quantitative estimate of drug-likeness (QED) is 0.804. The van der Waals surface area contributed by atoms with E-state index in [2.05, 4.69) is 51.2 Å². The first-order valence-corrected chi connectivity index (χ1v) is 8.45. The van der Waals surface area contributed by atoms with Gasteiger partial charge in [0.05, 0.1) is 6.04 Å². The van der Waals surface area contributed by atoms with Gasteiger partial charge in [-0.3, -0.25) is 4.90 Å². The van der Waals surface area contributed by atoms with E-state index in [1.807, 2.05) is 0 Å². The molecule has 1 aliphatic carbocycles. The number of hydrogen-bond acceptors (Lipinski definition) is 4. The van der Waals surface area contributed by atoms with E-state index in [1.54, 1.807) is 0 Å². The lowest BCUT2D eigenvalue weighted by atomic mass is 10.0. The Labute approximate surface area is 134 Å². The highest BCUT2D eigenvalue weighted by molar-refractivity contribution is 5.84. The lowest BCUT2D eigenvalue weighted by molar-refractivity contribution is 0.158. The van der Waals surface area contributed by atoms with Crippen LogP contribution in [0.5, 0.6) is 0 Å². The van der Waals surface area contributed by atoms with Crippen molar-refractivity contribution in [1.82, 2.24) is 20.0 Å². The molecule has 1 aromatic carbocycles. The molecule has 1 fully saturated rings. The number of H-pyrrole nitrogens is 1. The van der Waals surface area contributed by atoms with E-state index in [9.17, 15) is 0 Å². The van der Waals surface area contributed by atoms with Crippen LogP contribution in [0.25, 0.3) is 10.9 Å². The van der Waals surface area contributed by atoms with Crippen molar-refractivity contribution in [1.29, 1.82) is 0 Å². The summed E-state index contributed by atoms with van der Waals surface area (Å²) in [5, 5.41) is 5.50. The van der Waals surface area contributed by atoms with Crippen LogP contribution < -0.4 is 0 Å². The van der Waals surface area contributed by atoms with Crippen molar-refractivity contribution in [3.05, 3.63) is 47.2 Å². The second-order valence-electron chi connectivity index (χ2n) is 6.79. The Morgan fingerprint density at radius 3 is 3.04 bits per heavy atom. The van der Waals surface area contributed by atoms with Gasteiger partial charge in [-0.15, -0.1) is 0 Å². The third kappa shape index (κ3) is 2.18. The Hall–Kier alpha value is -2.14. The first-order valence-electron chi connectivity index (χ1n) is 8.45. The molecule has 23 heavy (non-hydrogen) atoms. The zero-order valence-electron chi connectivity index (χ0n) is 13.2. The van der Waals surface area contributed by atoms with Crippen LogP contribution in [-0.2, 0) is 13.0 Å². The predicted octanol–water partition coefficient (Wildman–Crippen LogP) is 3.55. The third-order valence-electron chi connectivity index (χ3n) is 5.22. The molecule has 5 nitrogen and oxygen atoms in total. The molecule has 3 heterocycles. The average Bonchev–Trinajstić information content (AvgIpc) is 3.20. The molecule has 0 bridgehead atoms. The van der Waals surface area contributed by atoms with Crippen LogP contribution >= 0.6 is 0 Å². The van der Waals surface area contributed by atoms with Crippen molar-refractivity contribution in [2.45, 2.75) is 44.7 Å². The van der Waals surface area contributed by atoms with Gasteiger partial charge in [0.25, 0.3) is 0 Å². The fourth-order valence-corrected chi connectivity index (χ4v) is 3.60. The van der Waals surface area contributed by atoms with E-state index in [0.29, 0.717) is 5.92 Å². The highest BCUT2D eigenvalue weighted by atomic mass is 16.5. The summed E-state index contributed by atoms with van der Waals surface area (Å²) in [6, 6.07) is 8.72. The summed E-state index contributed by atoms with van der Waals surface area (Å²) >= 11 is 0. The standard InChI is InChI=1S/C18H20N4O/c1-11(18-20-17(21-23-18)12-6-7-12)22-9-8-16-14(10-22)13-4-2-3-5-15(13)19-16/h2-5,11-12,19H,6-10H2,1H3/t11-/m0/s1. The molecule has 118 valence electrons. The minimum absolute atomic E-state index is 0.164. The van der Waals surface area contributed by atoms with E-state index in [1.165, 1.54) is 35.0 Å². The van der Waals surface area contributed by atoms with Crippen LogP contribution in [0.3, 0.4) is 0 Å². The van der Waals surface area contributed by atoms with Crippen LogP contribution in [0.4, 0.5) is 0 Å². The number of nitrogens with one attached hydrogen (secondary N) is 1. The van der Waals surface area contributed by atoms with Crippen molar-refractivity contribution >= 4 is 10.9 Å². The zero-order chi connectivity index (χ0) is 15.4.